The highest BCUT2D eigenvalue weighted by Gasteiger charge is 2.02. The van der Waals surface area contributed by atoms with Gasteiger partial charge >= 0.3 is 0 Å². The van der Waals surface area contributed by atoms with Crippen LogP contribution in [-0.4, -0.2) is 13.3 Å². The molecule has 0 bridgehead atoms. The van der Waals surface area contributed by atoms with Crippen LogP contribution in [0.15, 0.2) is 63.4 Å². The normalized spacial score (nSPS) is 10.7. The molecule has 0 spiro atoms. The first-order chi connectivity index (χ1) is 8.83. The molecule has 0 fully saturated rings. The Morgan fingerprint density at radius 3 is 2.50 bits per heavy atom. The number of benzene rings is 2. The number of hydrazone groups is 1. The number of rotatable bonds is 4. The zero-order chi connectivity index (χ0) is 12.8. The van der Waals surface area contributed by atoms with E-state index in [0.717, 1.165) is 21.1 Å². The van der Waals surface area contributed by atoms with Gasteiger partial charge in [-0.15, -0.1) is 0 Å². The topological polar surface area (TPSA) is 47.6 Å². The van der Waals surface area contributed by atoms with E-state index in [1.807, 2.05) is 48.5 Å². The summed E-state index contributed by atoms with van der Waals surface area (Å²) in [4.78, 5) is 2.27. The van der Waals surface area contributed by atoms with Crippen LogP contribution in [-0.2, 0) is 0 Å². The SMILES string of the molecule is COc1ccc(Sc2ccccc2C=NN)cc1. The van der Waals surface area contributed by atoms with E-state index >= 15 is 0 Å². The van der Waals surface area contributed by atoms with Crippen molar-refractivity contribution < 1.29 is 4.74 Å². The van der Waals surface area contributed by atoms with E-state index < -0.39 is 0 Å². The van der Waals surface area contributed by atoms with E-state index in [2.05, 4.69) is 5.10 Å². The number of nitrogens with two attached hydrogens (primary N) is 1. The molecular formula is C14H14N2OS. The summed E-state index contributed by atoms with van der Waals surface area (Å²) in [6.07, 6.45) is 1.66. The molecule has 2 aromatic rings. The Hall–Kier alpha value is -1.94. The first-order valence-corrected chi connectivity index (χ1v) is 6.29. The van der Waals surface area contributed by atoms with E-state index in [4.69, 9.17) is 10.6 Å². The van der Waals surface area contributed by atoms with Gasteiger partial charge in [-0.05, 0) is 30.3 Å². The smallest absolute Gasteiger partial charge is 0.118 e. The van der Waals surface area contributed by atoms with E-state index in [1.165, 1.54) is 0 Å². The highest BCUT2D eigenvalue weighted by molar-refractivity contribution is 7.99. The van der Waals surface area contributed by atoms with Gasteiger partial charge in [-0.3, -0.25) is 0 Å². The minimum atomic E-state index is 0.858. The highest BCUT2D eigenvalue weighted by Crippen LogP contribution is 2.30. The summed E-state index contributed by atoms with van der Waals surface area (Å²) in [5.74, 6) is 6.06. The lowest BCUT2D eigenvalue weighted by molar-refractivity contribution is 0.414. The fraction of sp³-hybridized carbons (Fsp3) is 0.0714. The van der Waals surface area contributed by atoms with Gasteiger partial charge < -0.3 is 10.6 Å². The van der Waals surface area contributed by atoms with Crippen LogP contribution in [0.5, 0.6) is 5.75 Å². The van der Waals surface area contributed by atoms with Crippen LogP contribution in [0.1, 0.15) is 5.56 Å². The molecule has 3 nitrogen and oxygen atoms in total. The number of hydrogen-bond acceptors (Lipinski definition) is 4. The van der Waals surface area contributed by atoms with E-state index in [9.17, 15) is 0 Å². The van der Waals surface area contributed by atoms with Crippen molar-refractivity contribution in [1.82, 2.24) is 0 Å². The van der Waals surface area contributed by atoms with E-state index in [0.29, 0.717) is 0 Å². The molecule has 0 heterocycles. The quantitative estimate of drug-likeness (QED) is 0.520. The molecule has 2 aromatic carbocycles. The molecule has 92 valence electrons. The number of hydrogen-bond donors (Lipinski definition) is 1. The third kappa shape index (κ3) is 3.05. The van der Waals surface area contributed by atoms with Crippen molar-refractivity contribution >= 4 is 18.0 Å². The largest absolute Gasteiger partial charge is 0.497 e. The van der Waals surface area contributed by atoms with Crippen LogP contribution in [0.3, 0.4) is 0 Å². The van der Waals surface area contributed by atoms with Gasteiger partial charge in [-0.2, -0.15) is 5.10 Å². The molecular weight excluding hydrogens is 244 g/mol. The lowest BCUT2D eigenvalue weighted by Gasteiger charge is -2.06. The molecule has 0 unspecified atom stereocenters. The van der Waals surface area contributed by atoms with Gasteiger partial charge in [-0.1, -0.05) is 30.0 Å². The van der Waals surface area contributed by atoms with E-state index in [-0.39, 0.29) is 0 Å². The minimum Gasteiger partial charge on any atom is -0.497 e. The maximum atomic E-state index is 5.20. The second kappa shape index (κ2) is 6.12. The van der Waals surface area contributed by atoms with Gasteiger partial charge in [0.05, 0.1) is 13.3 Å². The summed E-state index contributed by atoms with van der Waals surface area (Å²) in [6, 6.07) is 16.0. The molecule has 2 N–H and O–H groups in total. The van der Waals surface area contributed by atoms with Crippen molar-refractivity contribution in [3.8, 4) is 5.75 Å². The first-order valence-electron chi connectivity index (χ1n) is 5.47. The van der Waals surface area contributed by atoms with Crippen LogP contribution in [0, 0.1) is 0 Å². The molecule has 0 aliphatic heterocycles. The first kappa shape index (κ1) is 12.5. The fourth-order valence-corrected chi connectivity index (χ4v) is 2.44. The van der Waals surface area contributed by atoms with Gasteiger partial charge in [0.1, 0.15) is 5.75 Å². The number of ether oxygens (including phenoxy) is 1. The third-order valence-electron chi connectivity index (χ3n) is 2.42. The zero-order valence-electron chi connectivity index (χ0n) is 10.0. The lowest BCUT2D eigenvalue weighted by atomic mass is 10.2. The maximum Gasteiger partial charge on any atom is 0.118 e. The van der Waals surface area contributed by atoms with Crippen LogP contribution < -0.4 is 10.6 Å². The monoisotopic (exact) mass is 258 g/mol. The molecule has 0 saturated heterocycles. The molecule has 0 aliphatic rings. The predicted molar refractivity (Wildman–Crippen MR) is 75.3 cm³/mol. The molecule has 0 amide bonds. The predicted octanol–water partition coefficient (Wildman–Crippen LogP) is 3.14. The zero-order valence-corrected chi connectivity index (χ0v) is 10.9. The number of methoxy groups -OCH3 is 1. The van der Waals surface area contributed by atoms with Gasteiger partial charge in [0.25, 0.3) is 0 Å². The summed E-state index contributed by atoms with van der Waals surface area (Å²) in [6.45, 7) is 0. The average Bonchev–Trinajstić information content (AvgIpc) is 2.42. The standard InChI is InChI=1S/C14H14N2OS/c1-17-12-6-8-13(9-7-12)18-14-5-3-2-4-11(14)10-16-15/h2-10H,15H2,1H3. The van der Waals surface area contributed by atoms with E-state index in [1.54, 1.807) is 25.1 Å². The Kier molecular flexibility index (Phi) is 4.25. The summed E-state index contributed by atoms with van der Waals surface area (Å²) in [5, 5.41) is 3.58. The molecule has 4 heteroatoms. The van der Waals surface area contributed by atoms with Crippen molar-refractivity contribution in [2.24, 2.45) is 10.9 Å². The average molecular weight is 258 g/mol. The van der Waals surface area contributed by atoms with Gasteiger partial charge in [0.15, 0.2) is 0 Å². The maximum absolute atomic E-state index is 5.20. The Labute approximate surface area is 111 Å². The van der Waals surface area contributed by atoms with Gasteiger partial charge in [-0.25, -0.2) is 0 Å². The van der Waals surface area contributed by atoms with Crippen molar-refractivity contribution in [2.45, 2.75) is 9.79 Å². The summed E-state index contributed by atoms with van der Waals surface area (Å²) in [5.41, 5.74) is 1.01. The Balaban J connectivity index is 2.22. The summed E-state index contributed by atoms with van der Waals surface area (Å²) in [7, 11) is 1.66. The van der Waals surface area contributed by atoms with Crippen LogP contribution in [0.4, 0.5) is 0 Å². The van der Waals surface area contributed by atoms with Crippen molar-refractivity contribution in [3.05, 3.63) is 54.1 Å². The Bertz CT molecular complexity index is 538. The van der Waals surface area contributed by atoms with Crippen LogP contribution >= 0.6 is 11.8 Å². The van der Waals surface area contributed by atoms with Crippen molar-refractivity contribution in [1.29, 1.82) is 0 Å². The summed E-state index contributed by atoms with van der Waals surface area (Å²) >= 11 is 1.67. The fourth-order valence-electron chi connectivity index (χ4n) is 1.53. The molecule has 0 radical (unpaired) electrons. The van der Waals surface area contributed by atoms with Crippen LogP contribution in [0.25, 0.3) is 0 Å². The Morgan fingerprint density at radius 1 is 1.11 bits per heavy atom. The summed E-state index contributed by atoms with van der Waals surface area (Å²) < 4.78 is 5.13. The van der Waals surface area contributed by atoms with Crippen molar-refractivity contribution in [2.75, 3.05) is 7.11 Å². The molecule has 0 atom stereocenters. The second-order valence-electron chi connectivity index (χ2n) is 3.59. The molecule has 0 saturated carbocycles. The van der Waals surface area contributed by atoms with Crippen molar-refractivity contribution in [3.63, 3.8) is 0 Å². The van der Waals surface area contributed by atoms with Gasteiger partial charge in [0, 0.05) is 15.4 Å². The van der Waals surface area contributed by atoms with Crippen LogP contribution in [0.2, 0.25) is 0 Å². The van der Waals surface area contributed by atoms with Gasteiger partial charge in [0.2, 0.25) is 0 Å². The minimum absolute atomic E-state index is 0.858. The third-order valence-corrected chi connectivity index (χ3v) is 3.52. The molecule has 0 aliphatic carbocycles. The Morgan fingerprint density at radius 2 is 1.83 bits per heavy atom. The second-order valence-corrected chi connectivity index (χ2v) is 4.71. The highest BCUT2D eigenvalue weighted by atomic mass is 32.2. The molecule has 18 heavy (non-hydrogen) atoms. The molecule has 2 rings (SSSR count). The number of nitrogens with zero attached hydrogens (tertiary/aromatic N) is 1. The lowest BCUT2D eigenvalue weighted by Crippen LogP contribution is -1.89. The molecule has 0 aromatic heterocycles.